The lowest BCUT2D eigenvalue weighted by Gasteiger charge is -2.24. The molecule has 4 aromatic heterocycles. The molecule has 0 aromatic carbocycles. The normalized spacial score (nSPS) is 16.1. The summed E-state index contributed by atoms with van der Waals surface area (Å²) in [6.07, 6.45) is 7.96. The molecule has 1 atom stereocenters. The van der Waals surface area contributed by atoms with Crippen molar-refractivity contribution in [1.82, 2.24) is 34.3 Å². The van der Waals surface area contributed by atoms with Crippen molar-refractivity contribution in [3.8, 4) is 23.0 Å². The van der Waals surface area contributed by atoms with Crippen LogP contribution in [-0.4, -0.2) is 66.6 Å². The standard InChI is InChI=1S/C25H31ClN8O2/c1-17-12-22(26)30-25(29-17)35-11-4-3-8-33-9-5-6-19(33)16-36-21-15-28-32(2)24(21)18-7-10-34-20(13-18)14-23(27)31-34/h7,10,12-15,19H,3-6,8-9,11,16H2,1-2H3,(H2,27,31)/t19-/m1/s1. The number of rotatable bonds is 10. The molecular formula is C25H31ClN8O2. The lowest BCUT2D eigenvalue weighted by molar-refractivity contribution is 0.167. The highest BCUT2D eigenvalue weighted by Crippen LogP contribution is 2.31. The van der Waals surface area contributed by atoms with Crippen LogP contribution in [0.1, 0.15) is 31.4 Å². The van der Waals surface area contributed by atoms with Crippen molar-refractivity contribution in [2.45, 2.75) is 38.6 Å². The number of nitrogens with two attached hydrogens (primary N) is 1. The number of hydrogen-bond donors (Lipinski definition) is 1. The van der Waals surface area contributed by atoms with E-state index in [0.29, 0.717) is 36.2 Å². The van der Waals surface area contributed by atoms with E-state index in [9.17, 15) is 0 Å². The minimum absolute atomic E-state index is 0.343. The summed E-state index contributed by atoms with van der Waals surface area (Å²) in [5, 5.41) is 9.10. The zero-order chi connectivity index (χ0) is 25.1. The predicted octanol–water partition coefficient (Wildman–Crippen LogP) is 3.77. The van der Waals surface area contributed by atoms with Crippen LogP contribution in [0.2, 0.25) is 5.15 Å². The summed E-state index contributed by atoms with van der Waals surface area (Å²) in [5.74, 6) is 1.28. The molecule has 36 heavy (non-hydrogen) atoms. The summed E-state index contributed by atoms with van der Waals surface area (Å²) in [4.78, 5) is 10.9. The third kappa shape index (κ3) is 5.55. The van der Waals surface area contributed by atoms with Crippen molar-refractivity contribution in [2.75, 3.05) is 32.0 Å². The number of ether oxygens (including phenoxy) is 2. The lowest BCUT2D eigenvalue weighted by atomic mass is 10.1. The van der Waals surface area contributed by atoms with Crippen LogP contribution in [-0.2, 0) is 7.05 Å². The van der Waals surface area contributed by atoms with Gasteiger partial charge in [0, 0.05) is 36.6 Å². The average molecular weight is 511 g/mol. The Kier molecular flexibility index (Phi) is 7.24. The van der Waals surface area contributed by atoms with Crippen LogP contribution in [0.25, 0.3) is 16.8 Å². The first-order valence-corrected chi connectivity index (χ1v) is 12.6. The SMILES string of the molecule is Cc1cc(Cl)nc(OCCCCN2CCC[C@@H]2COc2cnn(C)c2-c2ccn3nc(N)cc3c2)n1. The van der Waals surface area contributed by atoms with Gasteiger partial charge < -0.3 is 15.2 Å². The molecule has 1 saturated heterocycles. The molecule has 11 heteroatoms. The zero-order valence-corrected chi connectivity index (χ0v) is 21.4. The van der Waals surface area contributed by atoms with Gasteiger partial charge in [-0.3, -0.25) is 9.58 Å². The van der Waals surface area contributed by atoms with Gasteiger partial charge in [-0.05, 0) is 63.9 Å². The lowest BCUT2D eigenvalue weighted by Crippen LogP contribution is -2.35. The fourth-order valence-electron chi connectivity index (χ4n) is 4.73. The van der Waals surface area contributed by atoms with E-state index < -0.39 is 0 Å². The van der Waals surface area contributed by atoms with E-state index in [1.54, 1.807) is 16.8 Å². The molecule has 4 aromatic rings. The second kappa shape index (κ2) is 10.7. The van der Waals surface area contributed by atoms with Crippen LogP contribution in [0.15, 0.2) is 36.7 Å². The summed E-state index contributed by atoms with van der Waals surface area (Å²) in [6.45, 7) is 5.17. The molecule has 0 amide bonds. The summed E-state index contributed by atoms with van der Waals surface area (Å²) < 4.78 is 15.6. The molecule has 0 radical (unpaired) electrons. The second-order valence-corrected chi connectivity index (χ2v) is 9.54. The van der Waals surface area contributed by atoms with E-state index in [1.807, 2.05) is 43.0 Å². The van der Waals surface area contributed by atoms with E-state index in [2.05, 4.69) is 25.1 Å². The van der Waals surface area contributed by atoms with Gasteiger partial charge in [-0.1, -0.05) is 11.6 Å². The number of hydrogen-bond acceptors (Lipinski definition) is 8. The van der Waals surface area contributed by atoms with Gasteiger partial charge in [0.15, 0.2) is 5.75 Å². The van der Waals surface area contributed by atoms with Gasteiger partial charge in [0.05, 0.1) is 18.3 Å². The van der Waals surface area contributed by atoms with Crippen molar-refractivity contribution in [2.24, 2.45) is 7.05 Å². The molecule has 1 aliphatic heterocycles. The van der Waals surface area contributed by atoms with E-state index in [-0.39, 0.29) is 0 Å². The molecule has 10 nitrogen and oxygen atoms in total. The van der Waals surface area contributed by atoms with Gasteiger partial charge >= 0.3 is 6.01 Å². The molecular weight excluding hydrogens is 480 g/mol. The molecule has 2 N–H and O–H groups in total. The monoisotopic (exact) mass is 510 g/mol. The number of aromatic nitrogens is 6. The Bertz CT molecular complexity index is 1320. The number of unbranched alkanes of at least 4 members (excludes halogenated alkanes) is 1. The Hall–Kier alpha value is -3.37. The van der Waals surface area contributed by atoms with Gasteiger partial charge in [0.25, 0.3) is 0 Å². The largest absolute Gasteiger partial charge is 0.488 e. The van der Waals surface area contributed by atoms with Crippen LogP contribution >= 0.6 is 11.6 Å². The summed E-state index contributed by atoms with van der Waals surface area (Å²) in [6, 6.07) is 8.35. The minimum atomic E-state index is 0.343. The predicted molar refractivity (Wildman–Crippen MR) is 138 cm³/mol. The number of nitrogens with zero attached hydrogens (tertiary/aromatic N) is 7. The van der Waals surface area contributed by atoms with E-state index in [0.717, 1.165) is 60.6 Å². The first kappa shape index (κ1) is 24.3. The number of likely N-dealkylation sites (tertiary alicyclic amines) is 1. The Labute approximate surface area is 215 Å². The van der Waals surface area contributed by atoms with Crippen molar-refractivity contribution >= 4 is 22.9 Å². The van der Waals surface area contributed by atoms with E-state index in [4.69, 9.17) is 26.8 Å². The number of pyridine rings is 1. The molecule has 1 aliphatic rings. The maximum absolute atomic E-state index is 6.33. The summed E-state index contributed by atoms with van der Waals surface area (Å²) in [7, 11) is 1.93. The van der Waals surface area contributed by atoms with Crippen LogP contribution < -0.4 is 15.2 Å². The quantitative estimate of drug-likeness (QED) is 0.254. The summed E-state index contributed by atoms with van der Waals surface area (Å²) in [5.41, 5.74) is 9.53. The van der Waals surface area contributed by atoms with Crippen LogP contribution in [0.4, 0.5) is 5.82 Å². The van der Waals surface area contributed by atoms with Crippen molar-refractivity contribution in [3.05, 3.63) is 47.5 Å². The first-order valence-electron chi connectivity index (χ1n) is 12.2. The minimum Gasteiger partial charge on any atom is -0.488 e. The number of nitrogen functional groups attached to an aromatic ring is 1. The highest BCUT2D eigenvalue weighted by atomic mass is 35.5. The molecule has 190 valence electrons. The number of anilines is 1. The molecule has 5 rings (SSSR count). The Morgan fingerprint density at radius 2 is 2.06 bits per heavy atom. The van der Waals surface area contributed by atoms with Crippen LogP contribution in [0, 0.1) is 6.92 Å². The third-order valence-corrected chi connectivity index (χ3v) is 6.66. The Morgan fingerprint density at radius 3 is 2.92 bits per heavy atom. The van der Waals surface area contributed by atoms with Crippen LogP contribution in [0.5, 0.6) is 11.8 Å². The molecule has 0 saturated carbocycles. The van der Waals surface area contributed by atoms with Gasteiger partial charge in [0.2, 0.25) is 0 Å². The van der Waals surface area contributed by atoms with Gasteiger partial charge in [-0.2, -0.15) is 15.2 Å². The van der Waals surface area contributed by atoms with Crippen LogP contribution in [0.3, 0.4) is 0 Å². The van der Waals surface area contributed by atoms with Gasteiger partial charge in [0.1, 0.15) is 23.3 Å². The van der Waals surface area contributed by atoms with Gasteiger partial charge in [-0.15, -0.1) is 0 Å². The summed E-state index contributed by atoms with van der Waals surface area (Å²) >= 11 is 5.97. The highest BCUT2D eigenvalue weighted by molar-refractivity contribution is 6.29. The highest BCUT2D eigenvalue weighted by Gasteiger charge is 2.25. The third-order valence-electron chi connectivity index (χ3n) is 6.46. The smallest absolute Gasteiger partial charge is 0.318 e. The number of aryl methyl sites for hydroxylation is 2. The number of fused-ring (bicyclic) bond motifs is 1. The number of halogens is 1. The topological polar surface area (TPSA) is 109 Å². The molecule has 0 aliphatic carbocycles. The molecule has 5 heterocycles. The van der Waals surface area contributed by atoms with E-state index >= 15 is 0 Å². The molecule has 1 fully saturated rings. The maximum Gasteiger partial charge on any atom is 0.318 e. The van der Waals surface area contributed by atoms with Crippen molar-refractivity contribution < 1.29 is 9.47 Å². The fourth-order valence-corrected chi connectivity index (χ4v) is 4.96. The zero-order valence-electron chi connectivity index (χ0n) is 20.6. The second-order valence-electron chi connectivity index (χ2n) is 9.15. The van der Waals surface area contributed by atoms with Crippen molar-refractivity contribution in [3.63, 3.8) is 0 Å². The average Bonchev–Trinajstić information content (AvgIpc) is 3.53. The fraction of sp³-hybridized carbons (Fsp3) is 0.440. The van der Waals surface area contributed by atoms with Gasteiger partial charge in [-0.25, -0.2) is 9.50 Å². The van der Waals surface area contributed by atoms with Crippen molar-refractivity contribution in [1.29, 1.82) is 0 Å². The first-order chi connectivity index (χ1) is 17.5. The maximum atomic E-state index is 6.33. The molecule has 0 spiro atoms. The Balaban J connectivity index is 1.14. The molecule has 0 unspecified atom stereocenters. The van der Waals surface area contributed by atoms with E-state index in [1.165, 1.54) is 6.42 Å². The molecule has 0 bridgehead atoms. The Morgan fingerprint density at radius 1 is 1.17 bits per heavy atom.